The van der Waals surface area contributed by atoms with E-state index in [1.165, 1.54) is 19.2 Å². The molecule has 6 nitrogen and oxygen atoms in total. The van der Waals surface area contributed by atoms with Crippen molar-refractivity contribution in [1.82, 2.24) is 4.90 Å². The minimum Gasteiger partial charge on any atom is -0.496 e. The van der Waals surface area contributed by atoms with Crippen LogP contribution in [0.1, 0.15) is 23.2 Å². The number of hydrogen-bond acceptors (Lipinski definition) is 4. The van der Waals surface area contributed by atoms with Gasteiger partial charge in [-0.2, -0.15) is 0 Å². The number of benzene rings is 1. The molecule has 1 saturated heterocycles. The standard InChI is InChI=1S/C14H18ClN3O3/c1-21-12-7-11(16)10(15)6-9(12)14(20)18-4-2-8(3-5-18)13(17)19/h6-8H,2-5,16H2,1H3,(H2,17,19). The number of ether oxygens (including phenoxy) is 1. The molecule has 1 heterocycles. The van der Waals surface area contributed by atoms with E-state index in [1.807, 2.05) is 0 Å². The third-order valence-corrected chi connectivity index (χ3v) is 4.06. The Labute approximate surface area is 128 Å². The Morgan fingerprint density at radius 2 is 1.95 bits per heavy atom. The van der Waals surface area contributed by atoms with Crippen molar-refractivity contribution >= 4 is 29.1 Å². The molecule has 2 rings (SSSR count). The van der Waals surface area contributed by atoms with E-state index in [1.54, 1.807) is 4.90 Å². The van der Waals surface area contributed by atoms with Gasteiger partial charge >= 0.3 is 0 Å². The zero-order valence-corrected chi connectivity index (χ0v) is 12.5. The molecule has 114 valence electrons. The number of carbonyl (C=O) groups excluding carboxylic acids is 2. The molecule has 0 saturated carbocycles. The van der Waals surface area contributed by atoms with Crippen molar-refractivity contribution < 1.29 is 14.3 Å². The molecule has 0 atom stereocenters. The highest BCUT2D eigenvalue weighted by atomic mass is 35.5. The summed E-state index contributed by atoms with van der Waals surface area (Å²) in [6.07, 6.45) is 1.15. The van der Waals surface area contributed by atoms with Gasteiger partial charge in [-0.25, -0.2) is 0 Å². The van der Waals surface area contributed by atoms with E-state index in [0.29, 0.717) is 48.0 Å². The molecule has 1 aromatic carbocycles. The first-order valence-corrected chi connectivity index (χ1v) is 7.03. The highest BCUT2D eigenvalue weighted by molar-refractivity contribution is 6.33. The van der Waals surface area contributed by atoms with Crippen LogP contribution in [0.4, 0.5) is 5.69 Å². The van der Waals surface area contributed by atoms with Gasteiger partial charge in [-0.15, -0.1) is 0 Å². The van der Waals surface area contributed by atoms with Crippen molar-refractivity contribution in [3.63, 3.8) is 0 Å². The van der Waals surface area contributed by atoms with E-state index in [4.69, 9.17) is 27.8 Å². The highest BCUT2D eigenvalue weighted by Crippen LogP contribution is 2.30. The molecule has 0 unspecified atom stereocenters. The van der Waals surface area contributed by atoms with E-state index in [0.717, 1.165) is 0 Å². The number of hydrogen-bond donors (Lipinski definition) is 2. The SMILES string of the molecule is COc1cc(N)c(Cl)cc1C(=O)N1CCC(C(N)=O)CC1. The predicted octanol–water partition coefficient (Wildman–Crippen LogP) is 1.27. The fourth-order valence-electron chi connectivity index (χ4n) is 2.44. The number of rotatable bonds is 3. The summed E-state index contributed by atoms with van der Waals surface area (Å²) in [4.78, 5) is 25.4. The van der Waals surface area contributed by atoms with Gasteiger partial charge in [0.05, 0.1) is 23.4 Å². The third-order valence-electron chi connectivity index (χ3n) is 3.73. The highest BCUT2D eigenvalue weighted by Gasteiger charge is 2.28. The molecule has 0 spiro atoms. The van der Waals surface area contributed by atoms with Crippen LogP contribution < -0.4 is 16.2 Å². The number of carbonyl (C=O) groups is 2. The number of nitrogens with zero attached hydrogens (tertiary/aromatic N) is 1. The summed E-state index contributed by atoms with van der Waals surface area (Å²) in [5.41, 5.74) is 11.7. The third kappa shape index (κ3) is 3.21. The summed E-state index contributed by atoms with van der Waals surface area (Å²) in [7, 11) is 1.47. The van der Waals surface area contributed by atoms with Crippen molar-refractivity contribution in [3.8, 4) is 5.75 Å². The van der Waals surface area contributed by atoms with E-state index in [2.05, 4.69) is 0 Å². The molecule has 0 bridgehead atoms. The number of nitrogens with two attached hydrogens (primary N) is 2. The number of amides is 2. The largest absolute Gasteiger partial charge is 0.496 e. The number of piperidine rings is 1. The van der Waals surface area contributed by atoms with Crippen LogP contribution in [0.15, 0.2) is 12.1 Å². The fraction of sp³-hybridized carbons (Fsp3) is 0.429. The second-order valence-electron chi connectivity index (χ2n) is 5.04. The zero-order chi connectivity index (χ0) is 15.6. The number of likely N-dealkylation sites (tertiary alicyclic amines) is 1. The quantitative estimate of drug-likeness (QED) is 0.821. The number of halogens is 1. The molecular formula is C14H18ClN3O3. The molecular weight excluding hydrogens is 294 g/mol. The first kappa shape index (κ1) is 15.4. The van der Waals surface area contributed by atoms with Crippen molar-refractivity contribution in [2.45, 2.75) is 12.8 Å². The van der Waals surface area contributed by atoms with E-state index in [-0.39, 0.29) is 17.7 Å². The molecule has 7 heteroatoms. The summed E-state index contributed by atoms with van der Waals surface area (Å²) >= 11 is 5.98. The maximum atomic E-state index is 12.5. The van der Waals surface area contributed by atoms with Crippen molar-refractivity contribution in [1.29, 1.82) is 0 Å². The number of primary amides is 1. The molecule has 0 aliphatic carbocycles. The van der Waals surface area contributed by atoms with Crippen molar-refractivity contribution in [2.75, 3.05) is 25.9 Å². The zero-order valence-electron chi connectivity index (χ0n) is 11.8. The van der Waals surface area contributed by atoms with Gasteiger partial charge in [-0.1, -0.05) is 11.6 Å². The summed E-state index contributed by atoms with van der Waals surface area (Å²) < 4.78 is 5.19. The Bertz CT molecular complexity index is 569. The van der Waals surface area contributed by atoms with Crippen LogP contribution in [-0.4, -0.2) is 36.9 Å². The first-order valence-electron chi connectivity index (χ1n) is 6.65. The molecule has 1 fully saturated rings. The van der Waals surface area contributed by atoms with Gasteiger partial charge in [0.2, 0.25) is 5.91 Å². The van der Waals surface area contributed by atoms with Crippen LogP contribution in [-0.2, 0) is 4.79 Å². The molecule has 2 amide bonds. The summed E-state index contributed by atoms with van der Waals surface area (Å²) in [6, 6.07) is 3.05. The predicted molar refractivity (Wildman–Crippen MR) is 80.2 cm³/mol. The Balaban J connectivity index is 2.18. The van der Waals surface area contributed by atoms with Crippen molar-refractivity contribution in [3.05, 3.63) is 22.7 Å². The normalized spacial score (nSPS) is 15.8. The van der Waals surface area contributed by atoms with Crippen LogP contribution in [0.25, 0.3) is 0 Å². The van der Waals surface area contributed by atoms with Gasteiger partial charge in [0.1, 0.15) is 5.75 Å². The van der Waals surface area contributed by atoms with Crippen LogP contribution in [0.2, 0.25) is 5.02 Å². The summed E-state index contributed by atoms with van der Waals surface area (Å²) in [6.45, 7) is 0.967. The second kappa shape index (κ2) is 6.22. The van der Waals surface area contributed by atoms with E-state index >= 15 is 0 Å². The summed E-state index contributed by atoms with van der Waals surface area (Å²) in [5.74, 6) is -0.267. The number of nitrogen functional groups attached to an aromatic ring is 1. The van der Waals surface area contributed by atoms with Crippen LogP contribution in [0, 0.1) is 5.92 Å². The molecule has 0 radical (unpaired) electrons. The number of anilines is 1. The van der Waals surface area contributed by atoms with Crippen LogP contribution in [0.5, 0.6) is 5.75 Å². The maximum absolute atomic E-state index is 12.5. The average Bonchev–Trinajstić information content (AvgIpc) is 2.49. The van der Waals surface area contributed by atoms with E-state index < -0.39 is 0 Å². The van der Waals surface area contributed by atoms with Gasteiger partial charge in [0, 0.05) is 25.1 Å². The molecule has 21 heavy (non-hydrogen) atoms. The Morgan fingerprint density at radius 1 is 1.33 bits per heavy atom. The molecule has 1 aromatic rings. The Kier molecular flexibility index (Phi) is 4.57. The Hall–Kier alpha value is -1.95. The minimum absolute atomic E-state index is 0.161. The van der Waals surface area contributed by atoms with Gasteiger partial charge in [0.25, 0.3) is 5.91 Å². The van der Waals surface area contributed by atoms with Crippen LogP contribution in [0.3, 0.4) is 0 Å². The monoisotopic (exact) mass is 311 g/mol. The van der Waals surface area contributed by atoms with E-state index in [9.17, 15) is 9.59 Å². The van der Waals surface area contributed by atoms with Gasteiger partial charge in [-0.05, 0) is 18.9 Å². The van der Waals surface area contributed by atoms with Gasteiger partial charge in [0.15, 0.2) is 0 Å². The number of methoxy groups -OCH3 is 1. The second-order valence-corrected chi connectivity index (χ2v) is 5.45. The average molecular weight is 312 g/mol. The topological polar surface area (TPSA) is 98.7 Å². The smallest absolute Gasteiger partial charge is 0.257 e. The maximum Gasteiger partial charge on any atom is 0.257 e. The lowest BCUT2D eigenvalue weighted by molar-refractivity contribution is -0.123. The molecule has 0 aromatic heterocycles. The lowest BCUT2D eigenvalue weighted by atomic mass is 9.96. The van der Waals surface area contributed by atoms with Gasteiger partial charge < -0.3 is 21.1 Å². The van der Waals surface area contributed by atoms with Gasteiger partial charge in [-0.3, -0.25) is 9.59 Å². The molecule has 4 N–H and O–H groups in total. The molecule has 1 aliphatic heterocycles. The molecule has 1 aliphatic rings. The van der Waals surface area contributed by atoms with Crippen molar-refractivity contribution in [2.24, 2.45) is 11.7 Å². The lowest BCUT2D eigenvalue weighted by Crippen LogP contribution is -2.41. The minimum atomic E-state index is -0.310. The first-order chi connectivity index (χ1) is 9.93. The summed E-state index contributed by atoms with van der Waals surface area (Å²) in [5, 5.41) is 0.311. The lowest BCUT2D eigenvalue weighted by Gasteiger charge is -2.31. The fourth-order valence-corrected chi connectivity index (χ4v) is 2.61. The van der Waals surface area contributed by atoms with Crippen LogP contribution >= 0.6 is 11.6 Å². The Morgan fingerprint density at radius 3 is 2.48 bits per heavy atom.